The van der Waals surface area contributed by atoms with Crippen LogP contribution in [0.2, 0.25) is 0 Å². The fraction of sp³-hybridized carbons (Fsp3) is 0.533. The van der Waals surface area contributed by atoms with E-state index in [2.05, 4.69) is 5.32 Å². The number of rotatable bonds is 6. The Morgan fingerprint density at radius 2 is 1.81 bits per heavy atom. The van der Waals surface area contributed by atoms with Crippen LogP contribution >= 0.6 is 0 Å². The van der Waals surface area contributed by atoms with Crippen LogP contribution in [0.1, 0.15) is 25.0 Å². The molecule has 0 saturated heterocycles. The second-order valence-electron chi connectivity index (χ2n) is 5.56. The maximum Gasteiger partial charge on any atom is 0.416 e. The Labute approximate surface area is 123 Å². The van der Waals surface area contributed by atoms with E-state index in [0.717, 1.165) is 17.7 Å². The van der Waals surface area contributed by atoms with Crippen molar-refractivity contribution < 1.29 is 18.0 Å². The number of hydrogen-bond acceptors (Lipinski definition) is 2. The van der Waals surface area contributed by atoms with Gasteiger partial charge in [0.05, 0.1) is 12.1 Å². The lowest BCUT2D eigenvalue weighted by atomic mass is 10.1. The van der Waals surface area contributed by atoms with Gasteiger partial charge in [0, 0.05) is 13.1 Å². The molecule has 0 saturated carbocycles. The first kappa shape index (κ1) is 17.5. The van der Waals surface area contributed by atoms with Crippen LogP contribution in [0.15, 0.2) is 24.3 Å². The normalized spacial score (nSPS) is 12.0. The molecule has 118 valence electrons. The monoisotopic (exact) mass is 302 g/mol. The van der Waals surface area contributed by atoms with Crippen LogP contribution < -0.4 is 5.32 Å². The number of nitrogens with one attached hydrogen (secondary N) is 1. The average Bonchev–Trinajstić information content (AvgIpc) is 2.35. The molecule has 1 aromatic rings. The summed E-state index contributed by atoms with van der Waals surface area (Å²) in [7, 11) is 1.76. The Bertz CT molecular complexity index is 455. The predicted octanol–water partition coefficient (Wildman–Crippen LogP) is 2.91. The van der Waals surface area contributed by atoms with E-state index in [1.165, 1.54) is 12.1 Å². The second-order valence-corrected chi connectivity index (χ2v) is 5.56. The van der Waals surface area contributed by atoms with Crippen molar-refractivity contribution >= 4 is 5.91 Å². The zero-order valence-electron chi connectivity index (χ0n) is 12.5. The molecule has 0 atom stereocenters. The highest BCUT2D eigenvalue weighted by Gasteiger charge is 2.29. The van der Waals surface area contributed by atoms with Gasteiger partial charge < -0.3 is 5.32 Å². The Kier molecular flexibility index (Phi) is 6.20. The van der Waals surface area contributed by atoms with Gasteiger partial charge in [-0.2, -0.15) is 13.2 Å². The van der Waals surface area contributed by atoms with Crippen molar-refractivity contribution in [2.24, 2.45) is 5.92 Å². The van der Waals surface area contributed by atoms with E-state index >= 15 is 0 Å². The maximum absolute atomic E-state index is 12.4. The fourth-order valence-electron chi connectivity index (χ4n) is 1.79. The molecule has 3 nitrogen and oxygen atoms in total. The first-order valence-corrected chi connectivity index (χ1v) is 6.80. The van der Waals surface area contributed by atoms with Gasteiger partial charge in [0.15, 0.2) is 0 Å². The number of nitrogens with zero attached hydrogens (tertiary/aromatic N) is 1. The molecule has 0 aromatic heterocycles. The molecule has 0 spiro atoms. The molecular formula is C15H21F3N2O. The minimum Gasteiger partial charge on any atom is -0.355 e. The Hall–Kier alpha value is -1.56. The Balaban J connectivity index is 2.48. The summed E-state index contributed by atoms with van der Waals surface area (Å²) in [5.74, 6) is 0.298. The largest absolute Gasteiger partial charge is 0.416 e. The van der Waals surface area contributed by atoms with Crippen molar-refractivity contribution in [1.29, 1.82) is 0 Å². The van der Waals surface area contributed by atoms with Crippen molar-refractivity contribution in [3.8, 4) is 0 Å². The lowest BCUT2D eigenvalue weighted by Crippen LogP contribution is -2.36. The summed E-state index contributed by atoms with van der Waals surface area (Å²) in [5.41, 5.74) is 0.0748. The fourth-order valence-corrected chi connectivity index (χ4v) is 1.79. The summed E-state index contributed by atoms with van der Waals surface area (Å²) in [6.07, 6.45) is -4.32. The summed E-state index contributed by atoms with van der Waals surface area (Å²) in [4.78, 5) is 13.4. The van der Waals surface area contributed by atoms with Gasteiger partial charge in [-0.25, -0.2) is 0 Å². The Morgan fingerprint density at radius 1 is 1.24 bits per heavy atom. The SMILES string of the molecule is CC(C)CNC(=O)CN(C)Cc1ccc(C(F)(F)F)cc1. The lowest BCUT2D eigenvalue weighted by Gasteiger charge is -2.17. The molecule has 0 heterocycles. The molecule has 0 aliphatic heterocycles. The van der Waals surface area contributed by atoms with E-state index in [-0.39, 0.29) is 12.5 Å². The quantitative estimate of drug-likeness (QED) is 0.876. The van der Waals surface area contributed by atoms with Gasteiger partial charge in [0.2, 0.25) is 5.91 Å². The van der Waals surface area contributed by atoms with Gasteiger partial charge in [0.25, 0.3) is 0 Å². The third-order valence-corrected chi connectivity index (χ3v) is 2.85. The molecule has 1 aromatic carbocycles. The number of likely N-dealkylation sites (N-methyl/N-ethyl adjacent to an activating group) is 1. The van der Waals surface area contributed by atoms with E-state index in [1.54, 1.807) is 11.9 Å². The zero-order valence-corrected chi connectivity index (χ0v) is 12.5. The van der Waals surface area contributed by atoms with E-state index in [0.29, 0.717) is 19.0 Å². The number of halogens is 3. The molecule has 1 N–H and O–H groups in total. The molecule has 6 heteroatoms. The van der Waals surface area contributed by atoms with E-state index in [1.807, 2.05) is 13.8 Å². The predicted molar refractivity (Wildman–Crippen MR) is 75.6 cm³/mol. The molecule has 0 radical (unpaired) electrons. The van der Waals surface area contributed by atoms with Gasteiger partial charge in [-0.1, -0.05) is 26.0 Å². The van der Waals surface area contributed by atoms with Crippen LogP contribution in [-0.2, 0) is 17.5 Å². The second kappa shape index (κ2) is 7.45. The van der Waals surface area contributed by atoms with Crippen molar-refractivity contribution in [2.75, 3.05) is 20.1 Å². The lowest BCUT2D eigenvalue weighted by molar-refractivity contribution is -0.137. The first-order valence-electron chi connectivity index (χ1n) is 6.80. The van der Waals surface area contributed by atoms with Crippen LogP contribution in [0, 0.1) is 5.92 Å². The van der Waals surface area contributed by atoms with Crippen molar-refractivity contribution in [3.63, 3.8) is 0 Å². The van der Waals surface area contributed by atoms with E-state index in [4.69, 9.17) is 0 Å². The van der Waals surface area contributed by atoms with Crippen LogP contribution in [0.25, 0.3) is 0 Å². The summed E-state index contributed by atoms with van der Waals surface area (Å²) in [6, 6.07) is 4.99. The van der Waals surface area contributed by atoms with Crippen LogP contribution in [0.4, 0.5) is 13.2 Å². The van der Waals surface area contributed by atoms with Crippen molar-refractivity contribution in [1.82, 2.24) is 10.2 Å². The minimum atomic E-state index is -4.32. The number of carbonyl (C=O) groups is 1. The van der Waals surface area contributed by atoms with Crippen molar-refractivity contribution in [2.45, 2.75) is 26.6 Å². The topological polar surface area (TPSA) is 32.3 Å². The van der Waals surface area contributed by atoms with Crippen LogP contribution in [-0.4, -0.2) is 30.9 Å². The smallest absolute Gasteiger partial charge is 0.355 e. The van der Waals surface area contributed by atoms with Gasteiger partial charge in [-0.15, -0.1) is 0 Å². The molecule has 0 aliphatic rings. The first-order chi connectivity index (χ1) is 9.68. The highest BCUT2D eigenvalue weighted by Crippen LogP contribution is 2.29. The number of hydrogen-bond donors (Lipinski definition) is 1. The van der Waals surface area contributed by atoms with Gasteiger partial charge >= 0.3 is 6.18 Å². The van der Waals surface area contributed by atoms with Gasteiger partial charge in [0.1, 0.15) is 0 Å². The van der Waals surface area contributed by atoms with Crippen molar-refractivity contribution in [3.05, 3.63) is 35.4 Å². The number of carbonyl (C=O) groups excluding carboxylic acids is 1. The van der Waals surface area contributed by atoms with E-state index in [9.17, 15) is 18.0 Å². The Morgan fingerprint density at radius 3 is 2.29 bits per heavy atom. The minimum absolute atomic E-state index is 0.0851. The van der Waals surface area contributed by atoms with Crippen LogP contribution in [0.5, 0.6) is 0 Å². The molecular weight excluding hydrogens is 281 g/mol. The molecule has 0 fully saturated rings. The molecule has 21 heavy (non-hydrogen) atoms. The van der Waals surface area contributed by atoms with E-state index < -0.39 is 11.7 Å². The number of alkyl halides is 3. The molecule has 1 amide bonds. The molecule has 0 bridgehead atoms. The summed E-state index contributed by atoms with van der Waals surface area (Å²) < 4.78 is 37.3. The summed E-state index contributed by atoms with van der Waals surface area (Å²) in [6.45, 7) is 5.27. The zero-order chi connectivity index (χ0) is 16.0. The highest BCUT2D eigenvalue weighted by atomic mass is 19.4. The molecule has 0 unspecified atom stereocenters. The highest BCUT2D eigenvalue weighted by molar-refractivity contribution is 5.77. The number of amides is 1. The molecule has 0 aliphatic carbocycles. The van der Waals surface area contributed by atoms with Crippen LogP contribution in [0.3, 0.4) is 0 Å². The van der Waals surface area contributed by atoms with Gasteiger partial charge in [-0.05, 0) is 30.7 Å². The summed E-state index contributed by atoms with van der Waals surface area (Å²) in [5, 5.41) is 2.80. The third kappa shape index (κ3) is 6.62. The molecule has 1 rings (SSSR count). The average molecular weight is 302 g/mol. The summed E-state index contributed by atoms with van der Waals surface area (Å²) >= 11 is 0. The standard InChI is InChI=1S/C15H21F3N2O/c1-11(2)8-19-14(21)10-20(3)9-12-4-6-13(7-5-12)15(16,17)18/h4-7,11H,8-10H2,1-3H3,(H,19,21). The maximum atomic E-state index is 12.4. The third-order valence-electron chi connectivity index (χ3n) is 2.85. The number of benzene rings is 1. The van der Waals surface area contributed by atoms with Gasteiger partial charge in [-0.3, -0.25) is 9.69 Å².